The quantitative estimate of drug-likeness (QED) is 0.604. The van der Waals surface area contributed by atoms with Gasteiger partial charge >= 0.3 is 0 Å². The molecule has 0 spiro atoms. The highest BCUT2D eigenvalue weighted by molar-refractivity contribution is 6.21. The third kappa shape index (κ3) is 2.82. The summed E-state index contributed by atoms with van der Waals surface area (Å²) in [4.78, 5) is 25.3. The number of nitrogens with zero attached hydrogens (tertiary/aromatic N) is 1. The van der Waals surface area contributed by atoms with Crippen molar-refractivity contribution in [3.8, 4) is 0 Å². The molecule has 19 heavy (non-hydrogen) atoms. The predicted molar refractivity (Wildman–Crippen MR) is 72.6 cm³/mol. The highest BCUT2D eigenvalue weighted by Crippen LogP contribution is 2.21. The number of hydrogen-bond donors (Lipinski definition) is 2. The number of rotatable bonds is 5. The molecule has 1 aromatic rings. The summed E-state index contributed by atoms with van der Waals surface area (Å²) in [5.41, 5.74) is 6.52. The molecule has 1 atom stereocenters. The topological polar surface area (TPSA) is 75.4 Å². The fourth-order valence-electron chi connectivity index (χ4n) is 1.92. The van der Waals surface area contributed by atoms with Gasteiger partial charge in [0, 0.05) is 19.1 Å². The summed E-state index contributed by atoms with van der Waals surface area (Å²) >= 11 is 0. The minimum Gasteiger partial charge on any atom is -0.389 e. The molecular formula is C14H17N3O2. The first kappa shape index (κ1) is 13.3. The van der Waals surface area contributed by atoms with Crippen molar-refractivity contribution in [2.24, 2.45) is 5.73 Å². The van der Waals surface area contributed by atoms with Gasteiger partial charge in [-0.05, 0) is 25.3 Å². The SMILES string of the molecule is C[C@H](N)/C=C\NCCN1C(=O)c2ccccc2C1=O. The van der Waals surface area contributed by atoms with Crippen molar-refractivity contribution in [2.45, 2.75) is 13.0 Å². The Labute approximate surface area is 112 Å². The van der Waals surface area contributed by atoms with E-state index in [1.807, 2.05) is 13.0 Å². The molecule has 3 N–H and O–H groups in total. The molecule has 0 radical (unpaired) electrons. The molecule has 0 bridgehead atoms. The monoisotopic (exact) mass is 259 g/mol. The Morgan fingerprint density at radius 1 is 1.26 bits per heavy atom. The molecule has 0 saturated heterocycles. The van der Waals surface area contributed by atoms with Crippen LogP contribution in [0.5, 0.6) is 0 Å². The Hall–Kier alpha value is -2.14. The highest BCUT2D eigenvalue weighted by Gasteiger charge is 2.34. The van der Waals surface area contributed by atoms with Crippen molar-refractivity contribution in [1.82, 2.24) is 10.2 Å². The molecule has 0 fully saturated rings. The second kappa shape index (κ2) is 5.67. The summed E-state index contributed by atoms with van der Waals surface area (Å²) in [7, 11) is 0. The van der Waals surface area contributed by atoms with Gasteiger partial charge in [-0.2, -0.15) is 0 Å². The van der Waals surface area contributed by atoms with Gasteiger partial charge in [0.1, 0.15) is 0 Å². The van der Waals surface area contributed by atoms with E-state index < -0.39 is 0 Å². The zero-order valence-corrected chi connectivity index (χ0v) is 10.8. The van der Waals surface area contributed by atoms with Gasteiger partial charge < -0.3 is 11.1 Å². The van der Waals surface area contributed by atoms with Gasteiger partial charge in [-0.25, -0.2) is 0 Å². The smallest absolute Gasteiger partial charge is 0.261 e. The molecule has 100 valence electrons. The number of imide groups is 1. The molecular weight excluding hydrogens is 242 g/mol. The lowest BCUT2D eigenvalue weighted by Gasteiger charge is -2.13. The van der Waals surface area contributed by atoms with E-state index in [4.69, 9.17) is 5.73 Å². The van der Waals surface area contributed by atoms with Crippen molar-refractivity contribution < 1.29 is 9.59 Å². The van der Waals surface area contributed by atoms with Crippen LogP contribution in [0.15, 0.2) is 36.5 Å². The summed E-state index contributed by atoms with van der Waals surface area (Å²) in [6.45, 7) is 2.71. The van der Waals surface area contributed by atoms with E-state index in [1.165, 1.54) is 4.90 Å². The van der Waals surface area contributed by atoms with Crippen molar-refractivity contribution in [2.75, 3.05) is 13.1 Å². The lowest BCUT2D eigenvalue weighted by molar-refractivity contribution is 0.0657. The maximum Gasteiger partial charge on any atom is 0.261 e. The molecule has 5 heteroatoms. The van der Waals surface area contributed by atoms with Crippen LogP contribution >= 0.6 is 0 Å². The Bertz CT molecular complexity index is 488. The van der Waals surface area contributed by atoms with Crippen LogP contribution in [0.25, 0.3) is 0 Å². The number of carbonyl (C=O) groups is 2. The number of amides is 2. The van der Waals surface area contributed by atoms with Crippen LogP contribution in [0.4, 0.5) is 0 Å². The van der Waals surface area contributed by atoms with E-state index in [1.54, 1.807) is 30.5 Å². The number of nitrogens with one attached hydrogen (secondary N) is 1. The van der Waals surface area contributed by atoms with Gasteiger partial charge in [0.2, 0.25) is 0 Å². The number of hydrogen-bond acceptors (Lipinski definition) is 4. The van der Waals surface area contributed by atoms with Crippen molar-refractivity contribution in [1.29, 1.82) is 0 Å². The molecule has 2 amide bonds. The molecule has 2 rings (SSSR count). The second-order valence-corrected chi connectivity index (χ2v) is 4.48. The maximum absolute atomic E-state index is 12.0. The number of carbonyl (C=O) groups excluding carboxylic acids is 2. The molecule has 0 unspecified atom stereocenters. The largest absolute Gasteiger partial charge is 0.389 e. The van der Waals surface area contributed by atoms with E-state index in [9.17, 15) is 9.59 Å². The fourth-order valence-corrected chi connectivity index (χ4v) is 1.92. The normalized spacial score (nSPS) is 16.0. The van der Waals surface area contributed by atoms with E-state index in [-0.39, 0.29) is 17.9 Å². The van der Waals surface area contributed by atoms with Crippen LogP contribution in [0, 0.1) is 0 Å². The predicted octanol–water partition coefficient (Wildman–Crippen LogP) is 0.733. The number of nitrogens with two attached hydrogens (primary N) is 1. The van der Waals surface area contributed by atoms with Crippen LogP contribution in [0.3, 0.4) is 0 Å². The third-order valence-corrected chi connectivity index (χ3v) is 2.88. The average Bonchev–Trinajstić information content (AvgIpc) is 2.63. The summed E-state index contributed by atoms with van der Waals surface area (Å²) in [5, 5.41) is 3.00. The Morgan fingerprint density at radius 3 is 2.37 bits per heavy atom. The molecule has 1 aliphatic heterocycles. The lowest BCUT2D eigenvalue weighted by Crippen LogP contribution is -2.35. The van der Waals surface area contributed by atoms with Crippen LogP contribution in [0.1, 0.15) is 27.6 Å². The fraction of sp³-hybridized carbons (Fsp3) is 0.286. The molecule has 1 aliphatic rings. The van der Waals surface area contributed by atoms with Gasteiger partial charge in [-0.1, -0.05) is 18.2 Å². The minimum absolute atomic E-state index is 0.0215. The average molecular weight is 259 g/mol. The highest BCUT2D eigenvalue weighted by atomic mass is 16.2. The molecule has 1 heterocycles. The van der Waals surface area contributed by atoms with Crippen molar-refractivity contribution >= 4 is 11.8 Å². The van der Waals surface area contributed by atoms with Crippen molar-refractivity contribution in [3.63, 3.8) is 0 Å². The summed E-state index contributed by atoms with van der Waals surface area (Å²) < 4.78 is 0. The summed E-state index contributed by atoms with van der Waals surface area (Å²) in [6.07, 6.45) is 3.55. The van der Waals surface area contributed by atoms with E-state index in [2.05, 4.69) is 5.32 Å². The van der Waals surface area contributed by atoms with E-state index in [0.717, 1.165) is 0 Å². The Balaban J connectivity index is 1.94. The number of benzene rings is 1. The summed E-state index contributed by atoms with van der Waals surface area (Å²) in [6, 6.07) is 6.86. The van der Waals surface area contributed by atoms with E-state index in [0.29, 0.717) is 24.2 Å². The Morgan fingerprint density at radius 2 is 1.84 bits per heavy atom. The molecule has 0 aromatic heterocycles. The zero-order chi connectivity index (χ0) is 13.8. The first-order chi connectivity index (χ1) is 9.11. The van der Waals surface area contributed by atoms with Gasteiger partial charge in [-0.15, -0.1) is 0 Å². The van der Waals surface area contributed by atoms with Crippen LogP contribution in [-0.2, 0) is 0 Å². The molecule has 5 nitrogen and oxygen atoms in total. The zero-order valence-electron chi connectivity index (χ0n) is 10.8. The molecule has 1 aromatic carbocycles. The lowest BCUT2D eigenvalue weighted by atomic mass is 10.1. The van der Waals surface area contributed by atoms with Crippen LogP contribution in [0.2, 0.25) is 0 Å². The second-order valence-electron chi connectivity index (χ2n) is 4.48. The van der Waals surface area contributed by atoms with Gasteiger partial charge in [0.15, 0.2) is 0 Å². The maximum atomic E-state index is 12.0. The first-order valence-electron chi connectivity index (χ1n) is 6.22. The minimum atomic E-state index is -0.224. The molecule has 0 aliphatic carbocycles. The van der Waals surface area contributed by atoms with Gasteiger partial charge in [-0.3, -0.25) is 14.5 Å². The van der Waals surface area contributed by atoms with Gasteiger partial charge in [0.25, 0.3) is 11.8 Å². The van der Waals surface area contributed by atoms with Crippen molar-refractivity contribution in [3.05, 3.63) is 47.7 Å². The van der Waals surface area contributed by atoms with Gasteiger partial charge in [0.05, 0.1) is 11.1 Å². The number of fused-ring (bicyclic) bond motifs is 1. The van der Waals surface area contributed by atoms with E-state index >= 15 is 0 Å². The Kier molecular flexibility index (Phi) is 3.97. The van der Waals surface area contributed by atoms with Crippen LogP contribution in [-0.4, -0.2) is 35.8 Å². The standard InChI is InChI=1S/C14H17N3O2/c1-10(15)6-7-16-8-9-17-13(18)11-4-2-3-5-12(11)14(17)19/h2-7,10,16H,8-9,15H2,1H3/b7-6-/t10-/m0/s1. The van der Waals surface area contributed by atoms with Crippen LogP contribution < -0.4 is 11.1 Å². The first-order valence-corrected chi connectivity index (χ1v) is 6.22. The third-order valence-electron chi connectivity index (χ3n) is 2.88. The summed E-state index contributed by atoms with van der Waals surface area (Å²) in [5.74, 6) is -0.447. The molecule has 0 saturated carbocycles.